The molecule has 0 radical (unpaired) electrons. The zero-order valence-electron chi connectivity index (χ0n) is 14.6. The van der Waals surface area contributed by atoms with Crippen LogP contribution in [0, 0.1) is 0 Å². The first-order chi connectivity index (χ1) is 13.4. The average Bonchev–Trinajstić information content (AvgIpc) is 3.32. The van der Waals surface area contributed by atoms with Gasteiger partial charge in [0, 0.05) is 24.6 Å². The van der Waals surface area contributed by atoms with Crippen LogP contribution in [0.2, 0.25) is 0 Å². The SMILES string of the molecule is O=C1CSC(c2ccc(C(F)(F)F)cc2)N1c1ccc(Cn2ccnc2)cc1. The monoisotopic (exact) mass is 403 g/mol. The average molecular weight is 403 g/mol. The van der Waals surface area contributed by atoms with Crippen LogP contribution in [-0.2, 0) is 17.5 Å². The Bertz CT molecular complexity index is 954. The largest absolute Gasteiger partial charge is 0.416 e. The maximum Gasteiger partial charge on any atom is 0.416 e. The van der Waals surface area contributed by atoms with Gasteiger partial charge in [-0.2, -0.15) is 13.2 Å². The van der Waals surface area contributed by atoms with E-state index in [9.17, 15) is 18.0 Å². The topological polar surface area (TPSA) is 38.1 Å². The summed E-state index contributed by atoms with van der Waals surface area (Å²) in [7, 11) is 0. The number of aromatic nitrogens is 2. The summed E-state index contributed by atoms with van der Waals surface area (Å²) in [6, 6.07) is 12.6. The van der Waals surface area contributed by atoms with E-state index >= 15 is 0 Å². The zero-order chi connectivity index (χ0) is 19.7. The molecule has 28 heavy (non-hydrogen) atoms. The van der Waals surface area contributed by atoms with Crippen LogP contribution < -0.4 is 4.90 Å². The molecule has 1 aliphatic heterocycles. The predicted molar refractivity (Wildman–Crippen MR) is 102 cm³/mol. The van der Waals surface area contributed by atoms with Crippen LogP contribution in [0.25, 0.3) is 0 Å². The number of halogens is 3. The van der Waals surface area contributed by atoms with Crippen LogP contribution in [0.5, 0.6) is 0 Å². The first kappa shape index (κ1) is 18.6. The lowest BCUT2D eigenvalue weighted by molar-refractivity contribution is -0.137. The number of rotatable bonds is 4. The number of carbonyl (C=O) groups excluding carboxylic acids is 1. The molecule has 144 valence electrons. The van der Waals surface area contributed by atoms with Gasteiger partial charge in [-0.15, -0.1) is 11.8 Å². The minimum absolute atomic E-state index is 0.0581. The second-order valence-corrected chi connectivity index (χ2v) is 7.52. The minimum Gasteiger partial charge on any atom is -0.333 e. The number of hydrogen-bond donors (Lipinski definition) is 0. The highest BCUT2D eigenvalue weighted by Gasteiger charge is 2.35. The van der Waals surface area contributed by atoms with E-state index in [1.54, 1.807) is 17.4 Å². The number of anilines is 1. The summed E-state index contributed by atoms with van der Waals surface area (Å²) >= 11 is 1.41. The summed E-state index contributed by atoms with van der Waals surface area (Å²) in [6.45, 7) is 0.672. The van der Waals surface area contributed by atoms with Gasteiger partial charge in [0.2, 0.25) is 5.91 Å². The fourth-order valence-corrected chi connectivity index (χ4v) is 4.32. The Morgan fingerprint density at radius 1 is 1.07 bits per heavy atom. The van der Waals surface area contributed by atoms with Gasteiger partial charge in [0.25, 0.3) is 0 Å². The Labute approximate surface area is 164 Å². The highest BCUT2D eigenvalue weighted by atomic mass is 32.2. The third-order valence-corrected chi connectivity index (χ3v) is 5.74. The fraction of sp³-hybridized carbons (Fsp3) is 0.200. The Kier molecular flexibility index (Phi) is 4.89. The Hall–Kier alpha value is -2.74. The van der Waals surface area contributed by atoms with Gasteiger partial charge in [0.15, 0.2) is 0 Å². The maximum atomic E-state index is 12.8. The van der Waals surface area contributed by atoms with Crippen molar-refractivity contribution in [3.05, 3.63) is 83.9 Å². The molecule has 1 amide bonds. The van der Waals surface area contributed by atoms with Crippen molar-refractivity contribution in [2.75, 3.05) is 10.7 Å². The smallest absolute Gasteiger partial charge is 0.333 e. The third kappa shape index (κ3) is 3.77. The first-order valence-electron chi connectivity index (χ1n) is 8.57. The van der Waals surface area contributed by atoms with Gasteiger partial charge < -0.3 is 4.57 Å². The van der Waals surface area contributed by atoms with Crippen molar-refractivity contribution in [2.45, 2.75) is 18.1 Å². The zero-order valence-corrected chi connectivity index (χ0v) is 15.5. The van der Waals surface area contributed by atoms with Crippen LogP contribution in [0.4, 0.5) is 18.9 Å². The highest BCUT2D eigenvalue weighted by Crippen LogP contribution is 2.42. The summed E-state index contributed by atoms with van der Waals surface area (Å²) < 4.78 is 40.3. The standard InChI is InChI=1S/C20H16F3N3OS/c21-20(22,23)16-5-3-15(4-6-16)19-26(18(27)12-28-19)17-7-1-14(2-8-17)11-25-10-9-24-13-25/h1-10,13,19H,11-12H2. The van der Waals surface area contributed by atoms with Gasteiger partial charge in [-0.05, 0) is 35.4 Å². The molecule has 1 aromatic heterocycles. The normalized spacial score (nSPS) is 17.3. The van der Waals surface area contributed by atoms with Gasteiger partial charge in [-0.1, -0.05) is 24.3 Å². The first-order valence-corrected chi connectivity index (χ1v) is 9.62. The van der Waals surface area contributed by atoms with Crippen molar-refractivity contribution in [3.63, 3.8) is 0 Å². The molecule has 0 spiro atoms. The van der Waals surface area contributed by atoms with E-state index in [0.717, 1.165) is 23.4 Å². The van der Waals surface area contributed by atoms with E-state index in [2.05, 4.69) is 4.98 Å². The van der Waals surface area contributed by atoms with Crippen LogP contribution in [0.1, 0.15) is 22.1 Å². The molecule has 4 nitrogen and oxygen atoms in total. The Morgan fingerprint density at radius 3 is 2.39 bits per heavy atom. The van der Waals surface area contributed by atoms with Crippen molar-refractivity contribution in [2.24, 2.45) is 0 Å². The number of hydrogen-bond acceptors (Lipinski definition) is 3. The minimum atomic E-state index is -4.37. The van der Waals surface area contributed by atoms with E-state index in [0.29, 0.717) is 17.9 Å². The lowest BCUT2D eigenvalue weighted by atomic mass is 10.1. The summed E-state index contributed by atoms with van der Waals surface area (Å²) in [5.41, 5.74) is 1.77. The van der Waals surface area contributed by atoms with Crippen molar-refractivity contribution < 1.29 is 18.0 Å². The summed E-state index contributed by atoms with van der Waals surface area (Å²) in [5.74, 6) is 0.236. The van der Waals surface area contributed by atoms with Crippen LogP contribution in [-0.4, -0.2) is 21.2 Å². The number of benzene rings is 2. The molecule has 1 atom stereocenters. The van der Waals surface area contributed by atoms with E-state index in [-0.39, 0.29) is 11.3 Å². The van der Waals surface area contributed by atoms with E-state index in [4.69, 9.17) is 0 Å². The molecule has 0 saturated carbocycles. The van der Waals surface area contributed by atoms with E-state index in [1.165, 1.54) is 23.9 Å². The van der Waals surface area contributed by atoms with Crippen molar-refractivity contribution >= 4 is 23.4 Å². The molecule has 1 aliphatic rings. The molecular weight excluding hydrogens is 387 g/mol. The third-order valence-electron chi connectivity index (χ3n) is 4.53. The fourth-order valence-electron chi connectivity index (χ4n) is 3.14. The second kappa shape index (κ2) is 7.35. The van der Waals surface area contributed by atoms with Crippen molar-refractivity contribution in [3.8, 4) is 0 Å². The summed E-state index contributed by atoms with van der Waals surface area (Å²) in [5, 5.41) is -0.339. The molecule has 4 rings (SSSR count). The maximum absolute atomic E-state index is 12.8. The lowest BCUT2D eigenvalue weighted by Gasteiger charge is -2.25. The Balaban J connectivity index is 1.56. The number of imidazole rings is 1. The molecule has 1 unspecified atom stereocenters. The molecule has 8 heteroatoms. The lowest BCUT2D eigenvalue weighted by Crippen LogP contribution is -2.27. The number of thioether (sulfide) groups is 1. The van der Waals surface area contributed by atoms with Crippen LogP contribution in [0.15, 0.2) is 67.3 Å². The van der Waals surface area contributed by atoms with Crippen molar-refractivity contribution in [1.29, 1.82) is 0 Å². The molecule has 1 saturated heterocycles. The van der Waals surface area contributed by atoms with Crippen LogP contribution in [0.3, 0.4) is 0 Å². The number of amides is 1. The van der Waals surface area contributed by atoms with E-state index in [1.807, 2.05) is 35.0 Å². The summed E-state index contributed by atoms with van der Waals surface area (Å²) in [6.07, 6.45) is 0.940. The van der Waals surface area contributed by atoms with Gasteiger partial charge in [-0.25, -0.2) is 4.98 Å². The van der Waals surface area contributed by atoms with Crippen LogP contribution >= 0.6 is 11.8 Å². The van der Waals surface area contributed by atoms with Crippen molar-refractivity contribution in [1.82, 2.24) is 9.55 Å². The van der Waals surface area contributed by atoms with Gasteiger partial charge in [-0.3, -0.25) is 9.69 Å². The quantitative estimate of drug-likeness (QED) is 0.632. The number of nitrogens with zero attached hydrogens (tertiary/aromatic N) is 3. The molecule has 0 aliphatic carbocycles. The van der Waals surface area contributed by atoms with Gasteiger partial charge in [0.05, 0.1) is 17.6 Å². The van der Waals surface area contributed by atoms with Gasteiger partial charge >= 0.3 is 6.18 Å². The Morgan fingerprint density at radius 2 is 1.79 bits per heavy atom. The molecule has 2 heterocycles. The number of alkyl halides is 3. The van der Waals surface area contributed by atoms with Gasteiger partial charge in [0.1, 0.15) is 5.37 Å². The second-order valence-electron chi connectivity index (χ2n) is 6.45. The molecule has 0 N–H and O–H groups in total. The van der Waals surface area contributed by atoms with E-state index < -0.39 is 11.7 Å². The molecular formula is C20H16F3N3OS. The summed E-state index contributed by atoms with van der Waals surface area (Å²) in [4.78, 5) is 18.1. The predicted octanol–water partition coefficient (Wildman–Crippen LogP) is 4.73. The molecule has 2 aromatic carbocycles. The highest BCUT2D eigenvalue weighted by molar-refractivity contribution is 8.00. The molecule has 1 fully saturated rings. The molecule has 3 aromatic rings. The molecule has 0 bridgehead atoms. The number of carbonyl (C=O) groups is 1.